The number of hydrogen-bond donors (Lipinski definition) is 4. The monoisotopic (exact) mass is 510 g/mol. The van der Waals surface area contributed by atoms with Gasteiger partial charge in [-0.15, -0.1) is 11.6 Å². The summed E-state index contributed by atoms with van der Waals surface area (Å²) in [7, 11) is 3.92. The van der Waals surface area contributed by atoms with Gasteiger partial charge in [0.25, 0.3) is 0 Å². The van der Waals surface area contributed by atoms with E-state index in [1.54, 1.807) is 0 Å². The van der Waals surface area contributed by atoms with Gasteiger partial charge in [-0.25, -0.2) is 4.98 Å². The number of hydrogen-bond acceptors (Lipinski definition) is 6. The van der Waals surface area contributed by atoms with E-state index in [1.165, 1.54) is 11.1 Å². The number of halogens is 1. The Labute approximate surface area is 216 Å². The molecule has 0 amide bonds. The maximum absolute atomic E-state index is 11.2. The van der Waals surface area contributed by atoms with Gasteiger partial charge in [0.1, 0.15) is 6.10 Å². The van der Waals surface area contributed by atoms with Crippen LogP contribution in [0.15, 0.2) is 35.9 Å². The van der Waals surface area contributed by atoms with E-state index in [4.69, 9.17) is 22.1 Å². The normalized spacial score (nSPS) is 45.3. The van der Waals surface area contributed by atoms with Gasteiger partial charge in [-0.2, -0.15) is 0 Å². The number of benzene rings is 1. The number of nitrogen functional groups attached to an aromatic ring is 1. The Morgan fingerprint density at radius 1 is 1.19 bits per heavy atom. The third-order valence-electron chi connectivity index (χ3n) is 10.5. The lowest BCUT2D eigenvalue weighted by atomic mass is 9.54. The number of nitrogens with one attached hydrogen (secondary N) is 1. The maximum atomic E-state index is 11.2. The second kappa shape index (κ2) is 7.14. The lowest BCUT2D eigenvalue weighted by Crippen LogP contribution is -2.68. The molecule has 5 aliphatic rings. The fourth-order valence-electron chi connectivity index (χ4n) is 8.63. The lowest BCUT2D eigenvalue weighted by molar-refractivity contribution is -0.199. The van der Waals surface area contributed by atoms with Crippen LogP contribution in [0.4, 0.5) is 5.95 Å². The van der Waals surface area contributed by atoms with Crippen LogP contribution in [0.3, 0.4) is 0 Å². The van der Waals surface area contributed by atoms with Gasteiger partial charge in [0.2, 0.25) is 0 Å². The van der Waals surface area contributed by atoms with Gasteiger partial charge in [0.05, 0.1) is 33.2 Å². The van der Waals surface area contributed by atoms with Crippen LogP contribution in [0.2, 0.25) is 0 Å². The minimum Gasteiger partial charge on any atom is -0.388 e. The van der Waals surface area contributed by atoms with Crippen molar-refractivity contribution >= 4 is 34.2 Å². The van der Waals surface area contributed by atoms with Crippen molar-refractivity contribution in [1.82, 2.24) is 14.9 Å². The second-order valence-electron chi connectivity index (χ2n) is 12.3. The van der Waals surface area contributed by atoms with Crippen molar-refractivity contribution < 1.29 is 14.9 Å². The summed E-state index contributed by atoms with van der Waals surface area (Å²) in [5.41, 5.74) is 9.90. The Hall–Kier alpha value is -1.90. The summed E-state index contributed by atoms with van der Waals surface area (Å²) < 4.78 is 7.26. The van der Waals surface area contributed by atoms with Crippen LogP contribution < -0.4 is 5.73 Å². The molecule has 1 saturated heterocycles. The summed E-state index contributed by atoms with van der Waals surface area (Å²) in [5.74, 6) is 0.660. The number of nitrogens with zero attached hydrogens (tertiary/aromatic N) is 2. The van der Waals surface area contributed by atoms with Crippen LogP contribution in [0.5, 0.6) is 0 Å². The molecule has 2 spiro atoms. The number of imidazole rings is 1. The standard InChI is InChI=1S/C28H35ClN4O3/c1-25-8-10-27(29)13-17-22(34)23(35)20(33(2)3)14-26(17)9-11-28(27,36-26)21(25)7-5-16(25)15-4-6-18-19(12-15)32-24(30)31-18/h4-6,12-13,20-23,34-35H,7-11,14H2,1-3H3,(H3,30,31,32). The molecule has 3 heterocycles. The van der Waals surface area contributed by atoms with Gasteiger partial charge in [-0.1, -0.05) is 25.1 Å². The highest BCUT2D eigenvalue weighted by Crippen LogP contribution is 2.71. The first kappa shape index (κ1) is 23.2. The number of aliphatic hydroxyl groups excluding tert-OH is 2. The van der Waals surface area contributed by atoms with Gasteiger partial charge >= 0.3 is 0 Å². The molecule has 192 valence electrons. The molecule has 1 aromatic heterocycles. The molecule has 2 saturated carbocycles. The highest BCUT2D eigenvalue weighted by atomic mass is 35.5. The Morgan fingerprint density at radius 3 is 2.78 bits per heavy atom. The van der Waals surface area contributed by atoms with E-state index < -0.39 is 28.3 Å². The molecule has 36 heavy (non-hydrogen) atoms. The number of rotatable bonds is 2. The summed E-state index contributed by atoms with van der Waals surface area (Å²) in [6, 6.07) is 6.18. The number of ether oxygens (including phenoxy) is 1. The van der Waals surface area contributed by atoms with Gasteiger partial charge < -0.3 is 30.6 Å². The molecular formula is C28H35ClN4O3. The number of aromatic nitrogens is 2. The Balaban J connectivity index is 1.30. The summed E-state index contributed by atoms with van der Waals surface area (Å²) in [6.45, 7) is 2.38. The van der Waals surface area contributed by atoms with E-state index in [-0.39, 0.29) is 17.4 Å². The van der Waals surface area contributed by atoms with Crippen molar-refractivity contribution in [2.75, 3.05) is 19.8 Å². The fourth-order valence-corrected chi connectivity index (χ4v) is 9.10. The molecule has 8 atom stereocenters. The van der Waals surface area contributed by atoms with Crippen molar-refractivity contribution in [3.8, 4) is 0 Å². The number of aromatic amines is 1. The molecular weight excluding hydrogens is 476 g/mol. The molecule has 3 fully saturated rings. The zero-order valence-electron chi connectivity index (χ0n) is 21.1. The number of aliphatic hydroxyl groups is 2. The topological polar surface area (TPSA) is 108 Å². The molecule has 2 aromatic rings. The van der Waals surface area contributed by atoms with Gasteiger partial charge in [-0.3, -0.25) is 0 Å². The molecule has 7 nitrogen and oxygen atoms in total. The lowest BCUT2D eigenvalue weighted by Gasteiger charge is -2.61. The van der Waals surface area contributed by atoms with Crippen LogP contribution in [0, 0.1) is 11.3 Å². The Morgan fingerprint density at radius 2 is 2.00 bits per heavy atom. The highest BCUT2D eigenvalue weighted by molar-refractivity contribution is 6.26. The number of likely N-dealkylation sites (N-methyl/N-ethyl adjacent to an activating group) is 1. The molecule has 5 N–H and O–H groups in total. The summed E-state index contributed by atoms with van der Waals surface area (Å²) in [4.78, 5) is 8.85. The maximum Gasteiger partial charge on any atom is 0.198 e. The average molecular weight is 511 g/mol. The second-order valence-corrected chi connectivity index (χ2v) is 13.0. The van der Waals surface area contributed by atoms with Crippen LogP contribution >= 0.6 is 11.6 Å². The Kier molecular flexibility index (Phi) is 4.61. The number of H-pyrrole nitrogens is 1. The molecule has 2 bridgehead atoms. The molecule has 1 aromatic carbocycles. The van der Waals surface area contributed by atoms with Crippen LogP contribution in [0.1, 0.15) is 51.0 Å². The van der Waals surface area contributed by atoms with Gasteiger partial charge in [-0.05, 0) is 86.9 Å². The minimum atomic E-state index is -0.961. The first-order valence-corrected chi connectivity index (χ1v) is 13.5. The Bertz CT molecular complexity index is 1340. The van der Waals surface area contributed by atoms with Crippen LogP contribution in [0.25, 0.3) is 16.6 Å². The van der Waals surface area contributed by atoms with Crippen LogP contribution in [-0.2, 0) is 4.74 Å². The van der Waals surface area contributed by atoms with E-state index in [0.717, 1.165) is 48.7 Å². The van der Waals surface area contributed by atoms with E-state index in [0.29, 0.717) is 12.4 Å². The largest absolute Gasteiger partial charge is 0.388 e. The number of fused-ring (bicyclic) bond motifs is 2. The van der Waals surface area contributed by atoms with Crippen molar-refractivity contribution in [2.24, 2.45) is 11.3 Å². The zero-order valence-corrected chi connectivity index (χ0v) is 21.8. The van der Waals surface area contributed by atoms with Crippen molar-refractivity contribution in [3.05, 3.63) is 41.5 Å². The molecule has 2 aliphatic heterocycles. The van der Waals surface area contributed by atoms with E-state index in [9.17, 15) is 10.2 Å². The predicted molar refractivity (Wildman–Crippen MR) is 140 cm³/mol. The third kappa shape index (κ3) is 2.71. The van der Waals surface area contributed by atoms with Crippen molar-refractivity contribution in [3.63, 3.8) is 0 Å². The quantitative estimate of drug-likeness (QED) is 0.363. The summed E-state index contributed by atoms with van der Waals surface area (Å²) in [6.07, 6.45) is 7.63. The minimum absolute atomic E-state index is 0.0811. The van der Waals surface area contributed by atoms with Gasteiger partial charge in [0.15, 0.2) is 5.95 Å². The molecule has 3 aliphatic carbocycles. The number of nitrogens with two attached hydrogens (primary N) is 1. The fraction of sp³-hybridized carbons (Fsp3) is 0.607. The molecule has 0 radical (unpaired) electrons. The SMILES string of the molecule is CN(C)C1CC23CCC4(O2)C2CC=C(c5ccc6nc(N)[nH]c6c5)C2(C)CCC4(Cl)C=C3C(O)C1O. The average Bonchev–Trinajstić information content (AvgIpc) is 3.49. The molecule has 7 rings (SSSR count). The van der Waals surface area contributed by atoms with Gasteiger partial charge in [0, 0.05) is 12.0 Å². The molecule has 8 unspecified atom stereocenters. The first-order valence-electron chi connectivity index (χ1n) is 13.1. The third-order valence-corrected chi connectivity index (χ3v) is 11.1. The van der Waals surface area contributed by atoms with Crippen molar-refractivity contribution in [2.45, 2.75) is 79.8 Å². The van der Waals surface area contributed by atoms with Crippen molar-refractivity contribution in [1.29, 1.82) is 0 Å². The van der Waals surface area contributed by atoms with Crippen LogP contribution in [-0.4, -0.2) is 73.5 Å². The first-order chi connectivity index (χ1) is 17.0. The number of allylic oxidation sites excluding steroid dienone is 2. The summed E-state index contributed by atoms with van der Waals surface area (Å²) >= 11 is 7.54. The zero-order chi connectivity index (χ0) is 25.3. The predicted octanol–water partition coefficient (Wildman–Crippen LogP) is 3.61. The number of alkyl halides is 1. The molecule has 8 heteroatoms. The number of anilines is 1. The highest BCUT2D eigenvalue weighted by Gasteiger charge is 2.73. The van der Waals surface area contributed by atoms with E-state index in [2.05, 4.69) is 41.2 Å². The van der Waals surface area contributed by atoms with E-state index in [1.807, 2.05) is 25.1 Å². The summed E-state index contributed by atoms with van der Waals surface area (Å²) in [5, 5.41) is 22.1. The van der Waals surface area contributed by atoms with E-state index >= 15 is 0 Å². The smallest absolute Gasteiger partial charge is 0.198 e.